The van der Waals surface area contributed by atoms with E-state index in [0.717, 1.165) is 4.57 Å². The van der Waals surface area contributed by atoms with Crippen molar-refractivity contribution in [3.05, 3.63) is 23.3 Å². The van der Waals surface area contributed by atoms with Gasteiger partial charge in [0.15, 0.2) is 0 Å². The van der Waals surface area contributed by atoms with Gasteiger partial charge in [0, 0.05) is 11.7 Å². The van der Waals surface area contributed by atoms with Crippen molar-refractivity contribution in [2.45, 2.75) is 0 Å². The molecule has 0 atom stereocenters. The van der Waals surface area contributed by atoms with Crippen molar-refractivity contribution < 1.29 is 24.5 Å². The molecule has 0 bridgehead atoms. The first kappa shape index (κ1) is 10.5. The molecule has 2 heterocycles. The molecular formula is C11H6N3O4-. The molecule has 1 N–H and O–H groups in total. The van der Waals surface area contributed by atoms with Crippen LogP contribution in [0.5, 0.6) is 11.8 Å². The molecule has 0 saturated heterocycles. The van der Waals surface area contributed by atoms with Crippen LogP contribution in [-0.4, -0.2) is 21.1 Å². The number of fused-ring (bicyclic) bond motifs is 2. The highest BCUT2D eigenvalue weighted by molar-refractivity contribution is 6.15. The van der Waals surface area contributed by atoms with Crippen LogP contribution in [0.3, 0.4) is 0 Å². The monoisotopic (exact) mass is 244 g/mol. The molecule has 0 aliphatic carbocycles. The van der Waals surface area contributed by atoms with Crippen LogP contribution in [-0.2, 0) is 7.05 Å². The van der Waals surface area contributed by atoms with Crippen molar-refractivity contribution in [2.24, 2.45) is 7.05 Å². The zero-order valence-corrected chi connectivity index (χ0v) is 9.18. The first-order chi connectivity index (χ1) is 8.43. The van der Waals surface area contributed by atoms with Gasteiger partial charge >= 0.3 is 11.8 Å². The second-order valence-corrected chi connectivity index (χ2v) is 4.06. The van der Waals surface area contributed by atoms with E-state index in [4.69, 9.17) is 5.53 Å². The molecular weight excluding hydrogens is 238 g/mol. The third kappa shape index (κ3) is 0.981. The molecule has 1 aromatic heterocycles. The summed E-state index contributed by atoms with van der Waals surface area (Å²) in [6, 6.07) is 2.42. The van der Waals surface area contributed by atoms with E-state index in [0.29, 0.717) is 0 Å². The predicted octanol–water partition coefficient (Wildman–Crippen LogP) is -0.337. The van der Waals surface area contributed by atoms with Gasteiger partial charge in [-0.05, 0) is 40.2 Å². The lowest BCUT2D eigenvalue weighted by molar-refractivity contribution is -0.420. The lowest BCUT2D eigenvalue weighted by Crippen LogP contribution is -2.14. The summed E-state index contributed by atoms with van der Waals surface area (Å²) >= 11 is 0. The summed E-state index contributed by atoms with van der Waals surface area (Å²) in [7, 11) is 1.33. The largest absolute Gasteiger partial charge is 0.860 e. The van der Waals surface area contributed by atoms with E-state index in [9.17, 15) is 19.8 Å². The van der Waals surface area contributed by atoms with Gasteiger partial charge in [-0.2, -0.15) is 0 Å². The first-order valence-corrected chi connectivity index (χ1v) is 5.04. The molecule has 0 spiro atoms. The molecule has 0 unspecified atom stereocenters. The number of carbonyl (C=O) groups excluding carboxylic acids is 2. The van der Waals surface area contributed by atoms with Crippen LogP contribution >= 0.6 is 0 Å². The van der Waals surface area contributed by atoms with Crippen molar-refractivity contribution in [3.8, 4) is 11.8 Å². The van der Waals surface area contributed by atoms with Crippen molar-refractivity contribution >= 4 is 22.6 Å². The molecule has 3 rings (SSSR count). The maximum atomic E-state index is 11.7. The van der Waals surface area contributed by atoms with Crippen LogP contribution in [0.1, 0.15) is 20.7 Å². The summed E-state index contributed by atoms with van der Waals surface area (Å²) in [5.41, 5.74) is 7.22. The van der Waals surface area contributed by atoms with Crippen molar-refractivity contribution in [1.82, 2.24) is 4.57 Å². The number of rotatable bonds is 0. The van der Waals surface area contributed by atoms with Gasteiger partial charge in [-0.25, -0.2) is 9.59 Å². The Balaban J connectivity index is 2.47. The van der Waals surface area contributed by atoms with Crippen molar-refractivity contribution in [1.29, 1.82) is 5.53 Å². The smallest absolute Gasteiger partial charge is 0.453 e. The predicted molar refractivity (Wildman–Crippen MR) is 53.5 cm³/mol. The Morgan fingerprint density at radius 2 is 1.44 bits per heavy atom. The lowest BCUT2D eigenvalue weighted by Gasteiger charge is -2.12. The van der Waals surface area contributed by atoms with Gasteiger partial charge < -0.3 is 14.8 Å². The molecule has 0 saturated carbocycles. The Morgan fingerprint density at radius 1 is 1.06 bits per heavy atom. The number of nitrogens with one attached hydrogen (secondary N) is 1. The van der Waals surface area contributed by atoms with Gasteiger partial charge in [-0.3, -0.25) is 0 Å². The number of carbonyl (C=O) groups is 2. The Kier molecular flexibility index (Phi) is 1.71. The number of nitrogens with zero attached hydrogens (tertiary/aromatic N) is 2. The Hall–Kier alpha value is -2.70. The molecule has 0 fully saturated rings. The second kappa shape index (κ2) is 2.95. The normalized spacial score (nSPS) is 14.6. The molecule has 7 nitrogen and oxygen atoms in total. The zero-order chi connectivity index (χ0) is 13.2. The average Bonchev–Trinajstić information content (AvgIpc) is 2.71. The third-order valence-electron chi connectivity index (χ3n) is 3.09. The van der Waals surface area contributed by atoms with E-state index in [1.165, 1.54) is 19.2 Å². The zero-order valence-electron chi connectivity index (χ0n) is 9.18. The summed E-state index contributed by atoms with van der Waals surface area (Å²) in [5.74, 6) is -2.59. The summed E-state index contributed by atoms with van der Waals surface area (Å²) in [6.07, 6.45) is 0. The van der Waals surface area contributed by atoms with Gasteiger partial charge in [0.25, 0.3) is 0 Å². The fraction of sp³-hybridized carbons (Fsp3) is 0.0909. The average molecular weight is 244 g/mol. The van der Waals surface area contributed by atoms with Crippen LogP contribution < -0.4 is 10.2 Å². The van der Waals surface area contributed by atoms with Gasteiger partial charge in [-0.1, -0.05) is 0 Å². The van der Waals surface area contributed by atoms with E-state index in [1.807, 2.05) is 0 Å². The van der Waals surface area contributed by atoms with Gasteiger partial charge in [0.1, 0.15) is 11.1 Å². The van der Waals surface area contributed by atoms with Crippen LogP contribution in [0, 0.1) is 5.53 Å². The van der Waals surface area contributed by atoms with E-state index < -0.39 is 23.6 Å². The highest BCUT2D eigenvalue weighted by Gasteiger charge is 2.43. The van der Waals surface area contributed by atoms with Crippen molar-refractivity contribution in [3.63, 3.8) is 0 Å². The molecule has 0 radical (unpaired) electrons. The number of imide groups is 1. The third-order valence-corrected chi connectivity index (χ3v) is 3.09. The molecule has 2 aromatic rings. The molecule has 1 aliphatic heterocycles. The topological polar surface area (TPSA) is 112 Å². The fourth-order valence-corrected chi connectivity index (χ4v) is 2.09. The molecule has 2 amide bonds. The summed E-state index contributed by atoms with van der Waals surface area (Å²) in [5, 5.41) is 23.6. The lowest BCUT2D eigenvalue weighted by atomic mass is 10.1. The molecule has 1 aromatic carbocycles. The highest BCUT2D eigenvalue weighted by Crippen LogP contribution is 2.35. The standard InChI is InChI=1S/C11H6N3O4/c1-13-8(15)4-2-6-7(3-5(4)9(13)16)11(18)14(12)10(6)17/h2-3,12H,1H3/q-1. The van der Waals surface area contributed by atoms with E-state index in [-0.39, 0.29) is 26.6 Å². The van der Waals surface area contributed by atoms with Crippen LogP contribution in [0.2, 0.25) is 0 Å². The van der Waals surface area contributed by atoms with E-state index in [1.54, 1.807) is 0 Å². The maximum absolute atomic E-state index is 11.7. The number of hydrogen-bond donors (Lipinski definition) is 1. The van der Waals surface area contributed by atoms with Gasteiger partial charge in [0.05, 0.1) is 0 Å². The van der Waals surface area contributed by atoms with Crippen LogP contribution in [0.4, 0.5) is 0 Å². The number of benzene rings is 1. The van der Waals surface area contributed by atoms with Gasteiger partial charge in [-0.15, -0.1) is 0 Å². The summed E-state index contributed by atoms with van der Waals surface area (Å²) in [6.45, 7) is 0. The Bertz CT molecular complexity index is 711. The van der Waals surface area contributed by atoms with E-state index >= 15 is 0 Å². The molecule has 7 heteroatoms. The molecule has 1 aliphatic rings. The fourth-order valence-electron chi connectivity index (χ4n) is 2.09. The molecule has 18 heavy (non-hydrogen) atoms. The van der Waals surface area contributed by atoms with Crippen molar-refractivity contribution in [2.75, 3.05) is 0 Å². The minimum Gasteiger partial charge on any atom is -0.860 e. The van der Waals surface area contributed by atoms with Crippen LogP contribution in [0.15, 0.2) is 12.1 Å². The minimum atomic E-state index is -0.785. The number of aromatic nitrogens is 1. The summed E-state index contributed by atoms with van der Waals surface area (Å²) < 4.78 is 1.14. The molecule has 90 valence electrons. The second-order valence-electron chi connectivity index (χ2n) is 4.06. The van der Waals surface area contributed by atoms with Gasteiger partial charge in [0.2, 0.25) is 0 Å². The quantitative estimate of drug-likeness (QED) is 0.504. The first-order valence-electron chi connectivity index (χ1n) is 5.04. The Morgan fingerprint density at radius 3 is 1.83 bits per heavy atom. The van der Waals surface area contributed by atoms with E-state index in [2.05, 4.69) is 0 Å². The Labute approximate surface area is 100.0 Å². The number of hydrogen-bond acceptors (Lipinski definition) is 5. The maximum Gasteiger partial charge on any atom is 0.453 e. The summed E-state index contributed by atoms with van der Waals surface area (Å²) in [4.78, 5) is 23.2. The number of amides is 2. The highest BCUT2D eigenvalue weighted by atomic mass is 16.3. The minimum absolute atomic E-state index is 0.00907. The van der Waals surface area contributed by atoms with Crippen LogP contribution in [0.25, 0.3) is 10.8 Å². The SMILES string of the molecule is Cn1c([O-])c2cc3c(cc2c1[O-])C(=O)[N+](=N)C3=O.